The Kier molecular flexibility index (Phi) is 3.03. The molecule has 0 spiro atoms. The van der Waals surface area contributed by atoms with E-state index in [9.17, 15) is 0 Å². The van der Waals surface area contributed by atoms with E-state index in [-0.39, 0.29) is 10.6 Å². The molecule has 0 aromatic carbocycles. The summed E-state index contributed by atoms with van der Waals surface area (Å²) in [4.78, 5) is 11.3. The predicted molar refractivity (Wildman–Crippen MR) is 55.9 cm³/mol. The quantitative estimate of drug-likeness (QED) is 0.899. The van der Waals surface area contributed by atoms with Crippen LogP contribution in [0.25, 0.3) is 0 Å². The van der Waals surface area contributed by atoms with Gasteiger partial charge in [-0.25, -0.2) is 0 Å². The smallest absolute Gasteiger partial charge is 0.228 e. The zero-order valence-corrected chi connectivity index (χ0v) is 8.96. The highest BCUT2D eigenvalue weighted by Gasteiger charge is 2.03. The van der Waals surface area contributed by atoms with Crippen molar-refractivity contribution in [2.75, 3.05) is 5.32 Å². The van der Waals surface area contributed by atoms with Gasteiger partial charge in [-0.2, -0.15) is 15.0 Å². The maximum Gasteiger partial charge on any atom is 0.228 e. The van der Waals surface area contributed by atoms with Crippen LogP contribution in [0.1, 0.15) is 5.76 Å². The first kappa shape index (κ1) is 10.2. The van der Waals surface area contributed by atoms with Gasteiger partial charge in [0.25, 0.3) is 0 Å². The fourth-order valence-electron chi connectivity index (χ4n) is 0.984. The van der Waals surface area contributed by atoms with E-state index in [1.807, 2.05) is 6.07 Å². The van der Waals surface area contributed by atoms with Gasteiger partial charge in [0.1, 0.15) is 5.76 Å². The van der Waals surface area contributed by atoms with Crippen molar-refractivity contribution < 1.29 is 4.42 Å². The van der Waals surface area contributed by atoms with Crippen LogP contribution >= 0.6 is 23.2 Å². The highest BCUT2D eigenvalue weighted by Crippen LogP contribution is 2.10. The fourth-order valence-corrected chi connectivity index (χ4v) is 1.35. The third-order valence-electron chi connectivity index (χ3n) is 1.58. The molecule has 0 amide bonds. The zero-order chi connectivity index (χ0) is 10.7. The maximum absolute atomic E-state index is 5.60. The summed E-state index contributed by atoms with van der Waals surface area (Å²) < 4.78 is 5.12. The van der Waals surface area contributed by atoms with Crippen molar-refractivity contribution >= 4 is 29.2 Å². The minimum absolute atomic E-state index is 0.0527. The van der Waals surface area contributed by atoms with Gasteiger partial charge in [-0.3, -0.25) is 0 Å². The van der Waals surface area contributed by atoms with Crippen molar-refractivity contribution in [3.05, 3.63) is 34.7 Å². The van der Waals surface area contributed by atoms with Crippen LogP contribution in [0.4, 0.5) is 5.95 Å². The molecule has 7 heteroatoms. The summed E-state index contributed by atoms with van der Waals surface area (Å²) in [6, 6.07) is 3.63. The van der Waals surface area contributed by atoms with E-state index < -0.39 is 0 Å². The minimum atomic E-state index is 0.0527. The molecule has 2 aromatic rings. The molecule has 0 saturated carbocycles. The van der Waals surface area contributed by atoms with E-state index in [1.54, 1.807) is 12.3 Å². The van der Waals surface area contributed by atoms with E-state index in [0.29, 0.717) is 12.5 Å². The van der Waals surface area contributed by atoms with Crippen LogP contribution in [0, 0.1) is 0 Å². The second kappa shape index (κ2) is 4.46. The number of furan rings is 1. The van der Waals surface area contributed by atoms with E-state index in [1.165, 1.54) is 0 Å². The molecule has 2 heterocycles. The molecule has 78 valence electrons. The van der Waals surface area contributed by atoms with Crippen molar-refractivity contribution in [2.45, 2.75) is 6.54 Å². The van der Waals surface area contributed by atoms with Crippen molar-refractivity contribution in [3.8, 4) is 0 Å². The van der Waals surface area contributed by atoms with E-state index in [4.69, 9.17) is 27.6 Å². The largest absolute Gasteiger partial charge is 0.467 e. The summed E-state index contributed by atoms with van der Waals surface area (Å²) >= 11 is 11.2. The molecule has 0 atom stereocenters. The first-order chi connectivity index (χ1) is 7.24. The summed E-state index contributed by atoms with van der Waals surface area (Å²) in [6.45, 7) is 0.462. The lowest BCUT2D eigenvalue weighted by atomic mass is 10.4. The first-order valence-corrected chi connectivity index (χ1v) is 4.83. The molecular weight excluding hydrogens is 239 g/mol. The summed E-state index contributed by atoms with van der Waals surface area (Å²) in [5.41, 5.74) is 0. The minimum Gasteiger partial charge on any atom is -0.467 e. The Morgan fingerprint density at radius 1 is 1.20 bits per heavy atom. The van der Waals surface area contributed by atoms with Crippen LogP contribution in [-0.2, 0) is 6.54 Å². The molecule has 0 bridgehead atoms. The molecule has 5 nitrogen and oxygen atoms in total. The fraction of sp³-hybridized carbons (Fsp3) is 0.125. The summed E-state index contributed by atoms with van der Waals surface area (Å²) in [5, 5.41) is 3.01. The topological polar surface area (TPSA) is 63.8 Å². The van der Waals surface area contributed by atoms with Gasteiger partial charge in [-0.05, 0) is 35.3 Å². The van der Waals surface area contributed by atoms with Gasteiger partial charge in [0, 0.05) is 0 Å². The van der Waals surface area contributed by atoms with Gasteiger partial charge in [0.15, 0.2) is 0 Å². The molecule has 0 fully saturated rings. The van der Waals surface area contributed by atoms with Crippen LogP contribution < -0.4 is 5.32 Å². The molecule has 2 rings (SSSR count). The number of hydrogen-bond acceptors (Lipinski definition) is 5. The third kappa shape index (κ3) is 2.81. The highest BCUT2D eigenvalue weighted by molar-refractivity contribution is 6.31. The second-order valence-electron chi connectivity index (χ2n) is 2.63. The van der Waals surface area contributed by atoms with Gasteiger partial charge in [-0.15, -0.1) is 0 Å². The number of nitrogens with one attached hydrogen (secondary N) is 1. The molecule has 0 aliphatic rings. The van der Waals surface area contributed by atoms with E-state index in [2.05, 4.69) is 20.3 Å². The Morgan fingerprint density at radius 2 is 1.93 bits per heavy atom. The molecule has 0 aliphatic carbocycles. The van der Waals surface area contributed by atoms with Crippen molar-refractivity contribution in [2.24, 2.45) is 0 Å². The predicted octanol–water partition coefficient (Wildman–Crippen LogP) is 2.38. The summed E-state index contributed by atoms with van der Waals surface area (Å²) in [6.07, 6.45) is 1.59. The van der Waals surface area contributed by atoms with E-state index in [0.717, 1.165) is 5.76 Å². The van der Waals surface area contributed by atoms with Crippen LogP contribution in [0.3, 0.4) is 0 Å². The second-order valence-corrected chi connectivity index (χ2v) is 3.31. The number of nitrogens with zero attached hydrogens (tertiary/aromatic N) is 3. The monoisotopic (exact) mass is 244 g/mol. The van der Waals surface area contributed by atoms with Gasteiger partial charge < -0.3 is 9.73 Å². The Labute approximate surface area is 95.5 Å². The lowest BCUT2D eigenvalue weighted by Gasteiger charge is -2.02. The van der Waals surface area contributed by atoms with Gasteiger partial charge in [0.05, 0.1) is 12.8 Å². The number of anilines is 1. The Balaban J connectivity index is 2.05. The molecular formula is C8H6Cl2N4O. The lowest BCUT2D eigenvalue weighted by Crippen LogP contribution is -2.04. The normalized spacial score (nSPS) is 10.3. The Hall–Kier alpha value is -1.33. The molecule has 0 unspecified atom stereocenters. The van der Waals surface area contributed by atoms with Gasteiger partial charge in [0.2, 0.25) is 16.5 Å². The van der Waals surface area contributed by atoms with Crippen molar-refractivity contribution in [1.82, 2.24) is 15.0 Å². The molecule has 0 aliphatic heterocycles. The molecule has 0 radical (unpaired) electrons. The van der Waals surface area contributed by atoms with Crippen LogP contribution in [-0.4, -0.2) is 15.0 Å². The molecule has 15 heavy (non-hydrogen) atoms. The number of aromatic nitrogens is 3. The average Bonchev–Trinajstić information content (AvgIpc) is 2.65. The number of rotatable bonds is 3. The third-order valence-corrected chi connectivity index (χ3v) is 1.92. The van der Waals surface area contributed by atoms with E-state index >= 15 is 0 Å². The average molecular weight is 245 g/mol. The lowest BCUT2D eigenvalue weighted by molar-refractivity contribution is 0.517. The van der Waals surface area contributed by atoms with Crippen LogP contribution in [0.2, 0.25) is 10.6 Å². The van der Waals surface area contributed by atoms with Crippen LogP contribution in [0.5, 0.6) is 0 Å². The van der Waals surface area contributed by atoms with Gasteiger partial charge in [-0.1, -0.05) is 0 Å². The van der Waals surface area contributed by atoms with Gasteiger partial charge >= 0.3 is 0 Å². The summed E-state index contributed by atoms with van der Waals surface area (Å²) in [5.74, 6) is 1.08. The highest BCUT2D eigenvalue weighted by atomic mass is 35.5. The zero-order valence-electron chi connectivity index (χ0n) is 7.44. The molecule has 0 saturated heterocycles. The molecule has 2 aromatic heterocycles. The summed E-state index contributed by atoms with van der Waals surface area (Å²) in [7, 11) is 0. The first-order valence-electron chi connectivity index (χ1n) is 4.07. The SMILES string of the molecule is Clc1nc(Cl)nc(NCc2ccco2)n1. The molecule has 1 N–H and O–H groups in total. The Bertz CT molecular complexity index is 426. The van der Waals surface area contributed by atoms with Crippen molar-refractivity contribution in [1.29, 1.82) is 0 Å². The number of hydrogen-bond donors (Lipinski definition) is 1. The standard InChI is InChI=1S/C8H6Cl2N4O/c9-6-12-7(10)14-8(13-6)11-4-5-2-1-3-15-5/h1-3H,4H2,(H,11,12,13,14). The van der Waals surface area contributed by atoms with Crippen LogP contribution in [0.15, 0.2) is 22.8 Å². The number of halogens is 2. The Morgan fingerprint density at radius 3 is 2.53 bits per heavy atom. The van der Waals surface area contributed by atoms with Crippen molar-refractivity contribution in [3.63, 3.8) is 0 Å². The maximum atomic E-state index is 5.60.